The molecule has 1 fully saturated rings. The van der Waals surface area contributed by atoms with Crippen LogP contribution in [-0.2, 0) is 11.2 Å². The van der Waals surface area contributed by atoms with Gasteiger partial charge in [-0.05, 0) is 24.1 Å². The summed E-state index contributed by atoms with van der Waals surface area (Å²) in [6.45, 7) is 0.164. The summed E-state index contributed by atoms with van der Waals surface area (Å²) < 4.78 is 0. The standard InChI is InChI=1S/C18H17N3O4/c22-16(13-8-4-5-9-14(13)18(24)25)20-21-11-19-15(17(21)23)10-12-6-2-1-3-7-12/h1-9,15,19H,10-11H2,(H,20,22)(H,24,25). The van der Waals surface area contributed by atoms with E-state index in [-0.39, 0.29) is 23.7 Å². The summed E-state index contributed by atoms with van der Waals surface area (Å²) in [7, 11) is 0. The normalized spacial score (nSPS) is 16.7. The number of carbonyl (C=O) groups excluding carboxylic acids is 2. The van der Waals surface area contributed by atoms with Crippen molar-refractivity contribution in [2.24, 2.45) is 0 Å². The van der Waals surface area contributed by atoms with E-state index in [1.165, 1.54) is 17.1 Å². The Labute approximate surface area is 144 Å². The van der Waals surface area contributed by atoms with E-state index in [1.807, 2.05) is 30.3 Å². The van der Waals surface area contributed by atoms with E-state index in [1.54, 1.807) is 12.1 Å². The summed E-state index contributed by atoms with van der Waals surface area (Å²) in [5.41, 5.74) is 3.38. The quantitative estimate of drug-likeness (QED) is 0.756. The van der Waals surface area contributed by atoms with Crippen molar-refractivity contribution in [1.29, 1.82) is 0 Å². The summed E-state index contributed by atoms with van der Waals surface area (Å²) in [5, 5.41) is 13.4. The average Bonchev–Trinajstić information content (AvgIpc) is 2.96. The van der Waals surface area contributed by atoms with Crippen LogP contribution in [0.1, 0.15) is 26.3 Å². The largest absolute Gasteiger partial charge is 0.478 e. The van der Waals surface area contributed by atoms with Crippen molar-refractivity contribution in [3.05, 3.63) is 71.3 Å². The van der Waals surface area contributed by atoms with Gasteiger partial charge in [0.2, 0.25) is 0 Å². The Bertz CT molecular complexity index is 807. The molecule has 128 valence electrons. The number of amides is 2. The molecule has 2 amide bonds. The van der Waals surface area contributed by atoms with Gasteiger partial charge in [0.1, 0.15) is 0 Å². The number of rotatable bonds is 5. The molecular formula is C18H17N3O4. The smallest absolute Gasteiger partial charge is 0.336 e. The second kappa shape index (κ2) is 7.14. The number of aromatic carboxylic acids is 1. The van der Waals surface area contributed by atoms with E-state index >= 15 is 0 Å². The summed E-state index contributed by atoms with van der Waals surface area (Å²) in [5.74, 6) is -2.09. The molecule has 1 saturated heterocycles. The maximum Gasteiger partial charge on any atom is 0.336 e. The predicted molar refractivity (Wildman–Crippen MR) is 89.7 cm³/mol. The Kier molecular flexibility index (Phi) is 4.76. The molecule has 2 aromatic carbocycles. The van der Waals surface area contributed by atoms with Gasteiger partial charge in [-0.3, -0.25) is 20.3 Å². The molecule has 0 saturated carbocycles. The molecule has 1 unspecified atom stereocenters. The van der Waals surface area contributed by atoms with Crippen LogP contribution in [0.4, 0.5) is 0 Å². The summed E-state index contributed by atoms with van der Waals surface area (Å²) in [6.07, 6.45) is 0.512. The topological polar surface area (TPSA) is 98.7 Å². The lowest BCUT2D eigenvalue weighted by molar-refractivity contribution is -0.130. The molecule has 0 bridgehead atoms. The molecule has 25 heavy (non-hydrogen) atoms. The van der Waals surface area contributed by atoms with Gasteiger partial charge >= 0.3 is 5.97 Å². The molecule has 2 aromatic rings. The molecule has 1 heterocycles. The van der Waals surface area contributed by atoms with Crippen molar-refractivity contribution >= 4 is 17.8 Å². The lowest BCUT2D eigenvalue weighted by atomic mass is 10.1. The van der Waals surface area contributed by atoms with Gasteiger partial charge in [-0.15, -0.1) is 0 Å². The molecule has 3 N–H and O–H groups in total. The van der Waals surface area contributed by atoms with Gasteiger partial charge in [-0.1, -0.05) is 42.5 Å². The Morgan fingerprint density at radius 1 is 1.08 bits per heavy atom. The van der Waals surface area contributed by atoms with E-state index in [2.05, 4.69) is 10.7 Å². The third kappa shape index (κ3) is 3.67. The maximum atomic E-state index is 12.4. The van der Waals surface area contributed by atoms with Crippen LogP contribution in [0, 0.1) is 0 Å². The van der Waals surface area contributed by atoms with Gasteiger partial charge in [-0.2, -0.15) is 0 Å². The van der Waals surface area contributed by atoms with Gasteiger partial charge in [0.05, 0.1) is 23.8 Å². The average molecular weight is 339 g/mol. The zero-order valence-corrected chi connectivity index (χ0v) is 13.3. The second-order valence-corrected chi connectivity index (χ2v) is 5.66. The van der Waals surface area contributed by atoms with E-state index in [9.17, 15) is 14.4 Å². The zero-order valence-electron chi connectivity index (χ0n) is 13.3. The third-order valence-corrected chi connectivity index (χ3v) is 3.98. The lowest BCUT2D eigenvalue weighted by Gasteiger charge is -2.17. The molecule has 7 nitrogen and oxygen atoms in total. The van der Waals surface area contributed by atoms with E-state index in [0.29, 0.717) is 6.42 Å². The second-order valence-electron chi connectivity index (χ2n) is 5.66. The first-order valence-electron chi connectivity index (χ1n) is 7.78. The minimum absolute atomic E-state index is 0.00862. The van der Waals surface area contributed by atoms with Gasteiger partial charge in [-0.25, -0.2) is 9.80 Å². The minimum Gasteiger partial charge on any atom is -0.478 e. The highest BCUT2D eigenvalue weighted by molar-refractivity contribution is 6.05. The van der Waals surface area contributed by atoms with Crippen molar-refractivity contribution in [1.82, 2.24) is 15.8 Å². The highest BCUT2D eigenvalue weighted by atomic mass is 16.4. The Morgan fingerprint density at radius 3 is 2.40 bits per heavy atom. The molecular weight excluding hydrogens is 322 g/mol. The van der Waals surface area contributed by atoms with Gasteiger partial charge in [0.15, 0.2) is 0 Å². The maximum absolute atomic E-state index is 12.4. The van der Waals surface area contributed by atoms with Crippen LogP contribution in [0.25, 0.3) is 0 Å². The van der Waals surface area contributed by atoms with Crippen molar-refractivity contribution in [3.8, 4) is 0 Å². The number of carboxylic acid groups (broad SMARTS) is 1. The fourth-order valence-electron chi connectivity index (χ4n) is 2.71. The van der Waals surface area contributed by atoms with Crippen LogP contribution < -0.4 is 10.7 Å². The van der Waals surface area contributed by atoms with Gasteiger partial charge in [0.25, 0.3) is 11.8 Å². The number of hydrogen-bond acceptors (Lipinski definition) is 4. The lowest BCUT2D eigenvalue weighted by Crippen LogP contribution is -2.45. The SMILES string of the molecule is O=C(O)c1ccccc1C(=O)NN1CNC(Cc2ccccc2)C1=O. The number of nitrogens with zero attached hydrogens (tertiary/aromatic N) is 1. The van der Waals surface area contributed by atoms with Crippen molar-refractivity contribution < 1.29 is 19.5 Å². The number of hydrogen-bond donors (Lipinski definition) is 3. The third-order valence-electron chi connectivity index (χ3n) is 3.98. The van der Waals surface area contributed by atoms with E-state index in [0.717, 1.165) is 5.56 Å². The zero-order chi connectivity index (χ0) is 17.8. The monoisotopic (exact) mass is 339 g/mol. The van der Waals surface area contributed by atoms with Crippen molar-refractivity contribution in [2.75, 3.05) is 6.67 Å². The summed E-state index contributed by atoms with van der Waals surface area (Å²) >= 11 is 0. The number of carbonyl (C=O) groups is 3. The highest BCUT2D eigenvalue weighted by Crippen LogP contribution is 2.12. The predicted octanol–water partition coefficient (Wildman–Crippen LogP) is 1.03. The van der Waals surface area contributed by atoms with Gasteiger partial charge < -0.3 is 5.11 Å². The van der Waals surface area contributed by atoms with Gasteiger partial charge in [0, 0.05) is 0 Å². The molecule has 0 radical (unpaired) electrons. The van der Waals surface area contributed by atoms with E-state index in [4.69, 9.17) is 5.11 Å². The Hall–Kier alpha value is -3.19. The molecule has 1 atom stereocenters. The molecule has 0 aliphatic carbocycles. The van der Waals surface area contributed by atoms with Crippen LogP contribution in [0.3, 0.4) is 0 Å². The first-order chi connectivity index (χ1) is 12.1. The summed E-state index contributed by atoms with van der Waals surface area (Å²) in [6, 6.07) is 15.0. The molecule has 7 heteroatoms. The number of carboxylic acids is 1. The number of nitrogens with one attached hydrogen (secondary N) is 2. The molecule has 0 spiro atoms. The molecule has 1 aliphatic rings. The van der Waals surface area contributed by atoms with Crippen LogP contribution in [0.5, 0.6) is 0 Å². The van der Waals surface area contributed by atoms with Crippen molar-refractivity contribution in [2.45, 2.75) is 12.5 Å². The van der Waals surface area contributed by atoms with Crippen LogP contribution in [0.2, 0.25) is 0 Å². The van der Waals surface area contributed by atoms with Crippen molar-refractivity contribution in [3.63, 3.8) is 0 Å². The van der Waals surface area contributed by atoms with E-state index < -0.39 is 17.9 Å². The summed E-state index contributed by atoms with van der Waals surface area (Å²) in [4.78, 5) is 36.0. The Morgan fingerprint density at radius 2 is 1.72 bits per heavy atom. The first-order valence-corrected chi connectivity index (χ1v) is 7.78. The first kappa shape index (κ1) is 16.7. The fraction of sp³-hybridized carbons (Fsp3) is 0.167. The minimum atomic E-state index is -1.20. The molecule has 3 rings (SSSR count). The Balaban J connectivity index is 1.67. The fourth-order valence-corrected chi connectivity index (χ4v) is 2.71. The molecule has 1 aliphatic heterocycles. The highest BCUT2D eigenvalue weighted by Gasteiger charge is 2.32. The van der Waals surface area contributed by atoms with Crippen LogP contribution in [-0.4, -0.2) is 40.6 Å². The number of benzene rings is 2. The van der Waals surface area contributed by atoms with Crippen LogP contribution in [0.15, 0.2) is 54.6 Å². The number of hydrazine groups is 1. The van der Waals surface area contributed by atoms with Crippen LogP contribution >= 0.6 is 0 Å². The molecule has 0 aromatic heterocycles.